The molecule has 0 saturated carbocycles. The summed E-state index contributed by atoms with van der Waals surface area (Å²) in [7, 11) is 3.95. The topological polar surface area (TPSA) is 28.2 Å². The molecule has 0 aliphatic heterocycles. The molecular formula is C13H20ClN3. The monoisotopic (exact) mass is 253 g/mol. The van der Waals surface area contributed by atoms with E-state index >= 15 is 0 Å². The molecule has 0 unspecified atom stereocenters. The van der Waals surface area contributed by atoms with Crippen LogP contribution in [0.5, 0.6) is 0 Å². The molecule has 0 saturated heterocycles. The number of nitrogens with zero attached hydrogens (tertiary/aromatic N) is 2. The number of halogens is 1. The van der Waals surface area contributed by atoms with E-state index in [0.29, 0.717) is 5.02 Å². The Hall–Kier alpha value is -1.06. The van der Waals surface area contributed by atoms with E-state index in [4.69, 9.17) is 11.6 Å². The zero-order valence-corrected chi connectivity index (χ0v) is 11.3. The van der Waals surface area contributed by atoms with Crippen LogP contribution in [0.3, 0.4) is 0 Å². The Labute approximate surface area is 108 Å². The van der Waals surface area contributed by atoms with Gasteiger partial charge in [-0.15, -0.1) is 6.58 Å². The molecule has 0 spiro atoms. The average Bonchev–Trinajstić information content (AvgIpc) is 2.32. The number of pyridine rings is 1. The Morgan fingerprint density at radius 1 is 1.59 bits per heavy atom. The molecule has 0 aliphatic carbocycles. The first-order valence-corrected chi connectivity index (χ1v) is 6.18. The van der Waals surface area contributed by atoms with Gasteiger partial charge in [0.15, 0.2) is 0 Å². The number of hydrogen-bond donors (Lipinski definition) is 1. The molecule has 1 heterocycles. The van der Waals surface area contributed by atoms with Crippen LogP contribution in [0.2, 0.25) is 5.02 Å². The van der Waals surface area contributed by atoms with E-state index in [1.807, 2.05) is 26.2 Å². The largest absolute Gasteiger partial charge is 0.360 e. The highest BCUT2D eigenvalue weighted by Gasteiger charge is 2.06. The van der Waals surface area contributed by atoms with Gasteiger partial charge in [-0.05, 0) is 31.5 Å². The van der Waals surface area contributed by atoms with E-state index in [1.165, 1.54) is 0 Å². The molecule has 1 N–H and O–H groups in total. The second-order valence-electron chi connectivity index (χ2n) is 4.02. The van der Waals surface area contributed by atoms with Crippen LogP contribution in [-0.4, -0.2) is 25.6 Å². The van der Waals surface area contributed by atoms with Crippen LogP contribution in [0.1, 0.15) is 18.4 Å². The molecule has 0 radical (unpaired) electrons. The van der Waals surface area contributed by atoms with Crippen molar-refractivity contribution in [3.63, 3.8) is 0 Å². The van der Waals surface area contributed by atoms with Gasteiger partial charge >= 0.3 is 0 Å². The van der Waals surface area contributed by atoms with Crippen molar-refractivity contribution in [2.45, 2.75) is 19.4 Å². The molecule has 0 fully saturated rings. The second kappa shape index (κ2) is 7.30. The highest BCUT2D eigenvalue weighted by molar-refractivity contribution is 6.31. The van der Waals surface area contributed by atoms with Crippen LogP contribution in [0, 0.1) is 0 Å². The van der Waals surface area contributed by atoms with Crippen LogP contribution in [-0.2, 0) is 6.54 Å². The third-order valence-corrected chi connectivity index (χ3v) is 2.92. The maximum absolute atomic E-state index is 6.07. The van der Waals surface area contributed by atoms with E-state index < -0.39 is 0 Å². The van der Waals surface area contributed by atoms with E-state index in [-0.39, 0.29) is 0 Å². The maximum Gasteiger partial charge on any atom is 0.128 e. The molecule has 0 bridgehead atoms. The van der Waals surface area contributed by atoms with Crippen LogP contribution in [0.15, 0.2) is 24.9 Å². The summed E-state index contributed by atoms with van der Waals surface area (Å²) in [5.74, 6) is 0.962. The molecule has 94 valence electrons. The second-order valence-corrected chi connectivity index (χ2v) is 4.42. The van der Waals surface area contributed by atoms with Gasteiger partial charge in [-0.2, -0.15) is 0 Å². The lowest BCUT2D eigenvalue weighted by Crippen LogP contribution is -2.20. The lowest BCUT2D eigenvalue weighted by molar-refractivity contribution is 0.784. The van der Waals surface area contributed by atoms with Crippen molar-refractivity contribution >= 4 is 17.4 Å². The van der Waals surface area contributed by atoms with E-state index in [0.717, 1.165) is 37.3 Å². The number of allylic oxidation sites excluding steroid dienone is 1. The maximum atomic E-state index is 6.07. The molecule has 4 heteroatoms. The van der Waals surface area contributed by atoms with Gasteiger partial charge in [0.2, 0.25) is 0 Å². The minimum atomic E-state index is 0.711. The summed E-state index contributed by atoms with van der Waals surface area (Å²) in [4.78, 5) is 6.48. The molecule has 1 aromatic heterocycles. The van der Waals surface area contributed by atoms with Gasteiger partial charge in [0.05, 0.1) is 5.02 Å². The first kappa shape index (κ1) is 14.0. The van der Waals surface area contributed by atoms with Gasteiger partial charge in [-0.1, -0.05) is 17.7 Å². The SMILES string of the molecule is C=CCCCN(C)c1cc(CNC)c(Cl)cn1. The summed E-state index contributed by atoms with van der Waals surface area (Å²) in [6.45, 7) is 5.45. The molecule has 1 aromatic rings. The van der Waals surface area contributed by atoms with Gasteiger partial charge in [0.25, 0.3) is 0 Å². The Kier molecular flexibility index (Phi) is 6.01. The lowest BCUT2D eigenvalue weighted by Gasteiger charge is -2.18. The number of unbranched alkanes of at least 4 members (excludes halogenated alkanes) is 1. The van der Waals surface area contributed by atoms with Crippen molar-refractivity contribution < 1.29 is 0 Å². The fraction of sp³-hybridized carbons (Fsp3) is 0.462. The fourth-order valence-corrected chi connectivity index (χ4v) is 1.76. The summed E-state index contributed by atoms with van der Waals surface area (Å²) in [5.41, 5.74) is 1.08. The highest BCUT2D eigenvalue weighted by atomic mass is 35.5. The van der Waals surface area contributed by atoms with Gasteiger partial charge in [0.1, 0.15) is 5.82 Å². The van der Waals surface area contributed by atoms with Crippen molar-refractivity contribution in [2.75, 3.05) is 25.5 Å². The van der Waals surface area contributed by atoms with Crippen molar-refractivity contribution in [3.8, 4) is 0 Å². The third kappa shape index (κ3) is 4.36. The third-order valence-electron chi connectivity index (χ3n) is 2.58. The minimum absolute atomic E-state index is 0.711. The first-order chi connectivity index (χ1) is 8.19. The number of rotatable bonds is 7. The highest BCUT2D eigenvalue weighted by Crippen LogP contribution is 2.19. The molecule has 0 amide bonds. The smallest absolute Gasteiger partial charge is 0.128 e. The predicted molar refractivity (Wildman–Crippen MR) is 74.7 cm³/mol. The van der Waals surface area contributed by atoms with Crippen LogP contribution in [0.4, 0.5) is 5.82 Å². The average molecular weight is 254 g/mol. The predicted octanol–water partition coefficient (Wildman–Crippen LogP) is 2.86. The zero-order chi connectivity index (χ0) is 12.7. The molecule has 17 heavy (non-hydrogen) atoms. The molecular weight excluding hydrogens is 234 g/mol. The molecule has 3 nitrogen and oxygen atoms in total. The summed E-state index contributed by atoms with van der Waals surface area (Å²) in [6.07, 6.45) is 5.77. The molecule has 0 atom stereocenters. The fourth-order valence-electron chi connectivity index (χ4n) is 1.59. The Bertz CT molecular complexity index is 366. The summed E-state index contributed by atoms with van der Waals surface area (Å²) in [6, 6.07) is 2.03. The normalized spacial score (nSPS) is 10.3. The van der Waals surface area contributed by atoms with Crippen LogP contribution < -0.4 is 10.2 Å². The summed E-state index contributed by atoms with van der Waals surface area (Å²) >= 11 is 6.07. The van der Waals surface area contributed by atoms with Crippen molar-refractivity contribution in [1.29, 1.82) is 0 Å². The zero-order valence-electron chi connectivity index (χ0n) is 10.5. The summed E-state index contributed by atoms with van der Waals surface area (Å²) in [5, 5.41) is 3.81. The number of hydrogen-bond acceptors (Lipinski definition) is 3. The Morgan fingerprint density at radius 2 is 2.35 bits per heavy atom. The number of nitrogens with one attached hydrogen (secondary N) is 1. The van der Waals surface area contributed by atoms with Crippen molar-refractivity contribution in [3.05, 3.63) is 35.5 Å². The summed E-state index contributed by atoms with van der Waals surface area (Å²) < 4.78 is 0. The Morgan fingerprint density at radius 3 is 3.00 bits per heavy atom. The standard InChI is InChI=1S/C13H20ClN3/c1-4-5-6-7-17(3)13-8-11(9-15-2)12(14)10-16-13/h4,8,10,15H,1,5-7,9H2,2-3H3. The van der Waals surface area contributed by atoms with Gasteiger partial charge in [-0.25, -0.2) is 4.98 Å². The van der Waals surface area contributed by atoms with Gasteiger partial charge < -0.3 is 10.2 Å². The lowest BCUT2D eigenvalue weighted by atomic mass is 10.2. The van der Waals surface area contributed by atoms with E-state index in [1.54, 1.807) is 6.20 Å². The van der Waals surface area contributed by atoms with Crippen molar-refractivity contribution in [2.24, 2.45) is 0 Å². The van der Waals surface area contributed by atoms with Crippen molar-refractivity contribution in [1.82, 2.24) is 10.3 Å². The van der Waals surface area contributed by atoms with E-state index in [9.17, 15) is 0 Å². The first-order valence-electron chi connectivity index (χ1n) is 5.80. The van der Waals surface area contributed by atoms with Crippen LogP contribution in [0.25, 0.3) is 0 Å². The quantitative estimate of drug-likeness (QED) is 0.598. The minimum Gasteiger partial charge on any atom is -0.360 e. The Balaban J connectivity index is 2.69. The van der Waals surface area contributed by atoms with Gasteiger partial charge in [0, 0.05) is 26.3 Å². The van der Waals surface area contributed by atoms with E-state index in [2.05, 4.69) is 21.8 Å². The molecule has 1 rings (SSSR count). The van der Waals surface area contributed by atoms with Crippen LogP contribution >= 0.6 is 11.6 Å². The molecule has 0 aromatic carbocycles. The molecule has 0 aliphatic rings. The van der Waals surface area contributed by atoms with Gasteiger partial charge in [-0.3, -0.25) is 0 Å². The number of anilines is 1. The number of aromatic nitrogens is 1.